The lowest BCUT2D eigenvalue weighted by Crippen LogP contribution is -2.23. The molecule has 18 heavy (non-hydrogen) atoms. The Kier molecular flexibility index (Phi) is 12.1. The molecule has 0 fully saturated rings. The third-order valence-corrected chi connectivity index (χ3v) is 2.40. The molecule has 5 nitrogen and oxygen atoms in total. The van der Waals surface area contributed by atoms with Crippen LogP contribution < -0.4 is 0 Å². The van der Waals surface area contributed by atoms with E-state index in [0.29, 0.717) is 19.8 Å². The van der Waals surface area contributed by atoms with Crippen LogP contribution in [0.25, 0.3) is 0 Å². The molecule has 0 saturated heterocycles. The fraction of sp³-hybridized carbons (Fsp3) is 0.846. The van der Waals surface area contributed by atoms with Crippen LogP contribution in [0.5, 0.6) is 0 Å². The van der Waals surface area contributed by atoms with Crippen LogP contribution in [0.4, 0.5) is 0 Å². The fourth-order valence-corrected chi connectivity index (χ4v) is 1.40. The maximum absolute atomic E-state index is 8.20. The van der Waals surface area contributed by atoms with Crippen molar-refractivity contribution >= 4 is 0 Å². The lowest BCUT2D eigenvalue weighted by atomic mass is 10.3. The van der Waals surface area contributed by atoms with Gasteiger partial charge in [-0.2, -0.15) is 0 Å². The Labute approximate surface area is 111 Å². The van der Waals surface area contributed by atoms with Crippen molar-refractivity contribution in [3.8, 4) is 0 Å². The van der Waals surface area contributed by atoms with Gasteiger partial charge in [0.15, 0.2) is 0 Å². The number of hydrogen-bond acceptors (Lipinski definition) is 5. The lowest BCUT2D eigenvalue weighted by molar-refractivity contribution is 0.0500. The normalized spacial score (nSPS) is 13.8. The Morgan fingerprint density at radius 2 is 2.00 bits per heavy atom. The molecule has 0 unspecified atom stereocenters. The molecule has 0 spiro atoms. The molecule has 0 atom stereocenters. The summed E-state index contributed by atoms with van der Waals surface area (Å²) in [6, 6.07) is 0. The van der Waals surface area contributed by atoms with Crippen molar-refractivity contribution in [2.24, 2.45) is 0 Å². The molecule has 5 heteroatoms. The molecule has 1 heterocycles. The number of hydrogen-bond donors (Lipinski definition) is 1. The molecule has 108 valence electrons. The Morgan fingerprint density at radius 1 is 1.22 bits per heavy atom. The van der Waals surface area contributed by atoms with E-state index in [1.54, 1.807) is 7.11 Å². The first-order valence-corrected chi connectivity index (χ1v) is 6.54. The van der Waals surface area contributed by atoms with E-state index < -0.39 is 0 Å². The highest BCUT2D eigenvalue weighted by atomic mass is 16.5. The highest BCUT2D eigenvalue weighted by Gasteiger charge is 2.05. The summed E-state index contributed by atoms with van der Waals surface area (Å²) in [5.74, 6) is 0. The number of unbranched alkanes of at least 4 members (excludes halogenated alkanes) is 1. The highest BCUT2D eigenvalue weighted by molar-refractivity contribution is 4.88. The number of aliphatic hydroxyl groups is 1. The molecule has 0 saturated carbocycles. The maximum Gasteiger partial charge on any atom is 0.0890 e. The summed E-state index contributed by atoms with van der Waals surface area (Å²) in [6.07, 6.45) is 6.87. The molecular formula is C13H28N2O3. The molecule has 1 rings (SSSR count). The second kappa shape index (κ2) is 12.7. The van der Waals surface area contributed by atoms with Crippen molar-refractivity contribution in [1.29, 1.82) is 0 Å². The molecule has 0 bridgehead atoms. The summed E-state index contributed by atoms with van der Waals surface area (Å²) < 4.78 is 9.53. The molecule has 1 aliphatic rings. The average molecular weight is 260 g/mol. The number of aliphatic hydroxyl groups excluding tert-OH is 1. The molecule has 0 aromatic carbocycles. The van der Waals surface area contributed by atoms with Crippen molar-refractivity contribution < 1.29 is 14.6 Å². The van der Waals surface area contributed by atoms with Gasteiger partial charge in [-0.05, 0) is 6.42 Å². The van der Waals surface area contributed by atoms with Crippen LogP contribution >= 0.6 is 0 Å². The number of nitrogens with zero attached hydrogens (tertiary/aromatic N) is 2. The minimum absolute atomic E-state index is 0.0870. The van der Waals surface area contributed by atoms with E-state index in [2.05, 4.69) is 40.9 Å². The van der Waals surface area contributed by atoms with Crippen LogP contribution in [0.15, 0.2) is 12.4 Å². The zero-order valence-electron chi connectivity index (χ0n) is 12.0. The Bertz CT molecular complexity index is 195. The lowest BCUT2D eigenvalue weighted by Gasteiger charge is -2.17. The summed E-state index contributed by atoms with van der Waals surface area (Å²) in [4.78, 5) is 4.53. The van der Waals surface area contributed by atoms with E-state index >= 15 is 0 Å². The predicted molar refractivity (Wildman–Crippen MR) is 73.2 cm³/mol. The molecule has 1 aliphatic heterocycles. The third-order valence-electron chi connectivity index (χ3n) is 2.40. The predicted octanol–water partition coefficient (Wildman–Crippen LogP) is 1.10. The third kappa shape index (κ3) is 10.4. The number of rotatable bonds is 8. The van der Waals surface area contributed by atoms with E-state index in [1.165, 1.54) is 19.4 Å². The molecule has 0 aliphatic carbocycles. The molecule has 0 aromatic heterocycles. The Morgan fingerprint density at radius 3 is 2.50 bits per heavy atom. The zero-order chi connectivity index (χ0) is 13.6. The van der Waals surface area contributed by atoms with Crippen LogP contribution in [0, 0.1) is 0 Å². The quantitative estimate of drug-likeness (QED) is 0.662. The van der Waals surface area contributed by atoms with Gasteiger partial charge in [-0.1, -0.05) is 13.3 Å². The van der Waals surface area contributed by atoms with Crippen molar-refractivity contribution in [3.05, 3.63) is 12.4 Å². The minimum Gasteiger partial charge on any atom is -0.394 e. The number of methoxy groups -OCH3 is 1. The van der Waals surface area contributed by atoms with Crippen LogP contribution in [-0.4, -0.2) is 68.7 Å². The van der Waals surface area contributed by atoms with Crippen LogP contribution in [0.3, 0.4) is 0 Å². The summed E-state index contributed by atoms with van der Waals surface area (Å²) in [6.45, 7) is 6.16. The average Bonchev–Trinajstić information content (AvgIpc) is 2.79. The second-order valence-electron chi connectivity index (χ2n) is 4.19. The van der Waals surface area contributed by atoms with Gasteiger partial charge in [0.25, 0.3) is 0 Å². The van der Waals surface area contributed by atoms with Crippen molar-refractivity contribution in [2.75, 3.05) is 53.8 Å². The Hall–Kier alpha value is -0.780. The van der Waals surface area contributed by atoms with Gasteiger partial charge in [-0.25, -0.2) is 0 Å². The van der Waals surface area contributed by atoms with Gasteiger partial charge in [0, 0.05) is 33.1 Å². The summed E-state index contributed by atoms with van der Waals surface area (Å²) in [5.41, 5.74) is 0. The zero-order valence-corrected chi connectivity index (χ0v) is 12.0. The molecule has 0 amide bonds. The van der Waals surface area contributed by atoms with E-state index in [4.69, 9.17) is 9.84 Å². The van der Waals surface area contributed by atoms with Crippen molar-refractivity contribution in [2.45, 2.75) is 19.8 Å². The van der Waals surface area contributed by atoms with Gasteiger partial charge in [0.05, 0.1) is 33.1 Å². The molecule has 0 aromatic rings. The smallest absolute Gasteiger partial charge is 0.0890 e. The fourth-order valence-electron chi connectivity index (χ4n) is 1.40. The van der Waals surface area contributed by atoms with Gasteiger partial charge < -0.3 is 24.4 Å². The van der Waals surface area contributed by atoms with Gasteiger partial charge in [0.2, 0.25) is 0 Å². The van der Waals surface area contributed by atoms with E-state index in [0.717, 1.165) is 6.67 Å². The van der Waals surface area contributed by atoms with Gasteiger partial charge in [-0.3, -0.25) is 0 Å². The van der Waals surface area contributed by atoms with Crippen LogP contribution in [0.1, 0.15) is 19.8 Å². The largest absolute Gasteiger partial charge is 0.394 e. The first-order chi connectivity index (χ1) is 8.74. The first kappa shape index (κ1) is 17.2. The molecule has 0 radical (unpaired) electrons. The van der Waals surface area contributed by atoms with Crippen molar-refractivity contribution in [1.82, 2.24) is 9.80 Å². The van der Waals surface area contributed by atoms with Crippen LogP contribution in [-0.2, 0) is 9.47 Å². The Balaban J connectivity index is 0.000000331. The molecular weight excluding hydrogens is 232 g/mol. The van der Waals surface area contributed by atoms with Gasteiger partial charge >= 0.3 is 0 Å². The number of ether oxygens (including phenoxy) is 2. The van der Waals surface area contributed by atoms with Gasteiger partial charge in [0.1, 0.15) is 0 Å². The first-order valence-electron chi connectivity index (χ1n) is 6.54. The summed E-state index contributed by atoms with van der Waals surface area (Å²) in [5, 5.41) is 8.20. The van der Waals surface area contributed by atoms with Gasteiger partial charge in [-0.15, -0.1) is 0 Å². The second-order valence-corrected chi connectivity index (χ2v) is 4.19. The van der Waals surface area contributed by atoms with E-state index in [1.807, 2.05) is 0 Å². The summed E-state index contributed by atoms with van der Waals surface area (Å²) in [7, 11) is 3.71. The van der Waals surface area contributed by atoms with E-state index in [-0.39, 0.29) is 6.61 Å². The SMILES string of the molecule is CCCCN1C=CN(C)C1.COCCOCCO. The van der Waals surface area contributed by atoms with E-state index in [9.17, 15) is 0 Å². The molecule has 1 N–H and O–H groups in total. The van der Waals surface area contributed by atoms with Crippen molar-refractivity contribution in [3.63, 3.8) is 0 Å². The standard InChI is InChI=1S/C8H16N2.C5H12O3/c1-3-4-5-10-7-6-9(2)8-10;1-7-4-5-8-3-2-6/h6-7H,3-5,8H2,1-2H3;6H,2-5H2,1H3. The topological polar surface area (TPSA) is 45.2 Å². The highest BCUT2D eigenvalue weighted by Crippen LogP contribution is 2.04. The summed E-state index contributed by atoms with van der Waals surface area (Å²) >= 11 is 0. The monoisotopic (exact) mass is 260 g/mol. The minimum atomic E-state index is 0.0870. The maximum atomic E-state index is 8.20. The van der Waals surface area contributed by atoms with Crippen LogP contribution in [0.2, 0.25) is 0 Å².